The van der Waals surface area contributed by atoms with Gasteiger partial charge in [-0.15, -0.1) is 0 Å². The van der Waals surface area contributed by atoms with Crippen molar-refractivity contribution in [2.24, 2.45) is 5.92 Å². The SMILES string of the molecule is C[C@H](CO)N1C[C@H](C)[C@H](CN(C)Cc2ccncc2)Oc2ncc(-c3cccc(C#N)c3)cc2C1=O. The number of aliphatic hydroxyl groups excluding tert-OH is 1. The van der Waals surface area contributed by atoms with E-state index in [1.165, 1.54) is 0 Å². The van der Waals surface area contributed by atoms with E-state index in [0.29, 0.717) is 24.2 Å². The molecule has 0 unspecified atom stereocenters. The van der Waals surface area contributed by atoms with Crippen molar-refractivity contribution in [3.05, 3.63) is 77.7 Å². The van der Waals surface area contributed by atoms with Gasteiger partial charge in [0.1, 0.15) is 11.7 Å². The molecule has 1 N–H and O–H groups in total. The molecule has 186 valence electrons. The van der Waals surface area contributed by atoms with E-state index in [1.807, 2.05) is 32.2 Å². The lowest BCUT2D eigenvalue weighted by atomic mass is 9.98. The van der Waals surface area contributed by atoms with Gasteiger partial charge in [-0.2, -0.15) is 5.26 Å². The van der Waals surface area contributed by atoms with Crippen molar-refractivity contribution in [3.63, 3.8) is 0 Å². The molecule has 2 aromatic heterocycles. The second-order valence-corrected chi connectivity index (χ2v) is 9.44. The Bertz CT molecular complexity index is 1240. The molecule has 0 radical (unpaired) electrons. The summed E-state index contributed by atoms with van der Waals surface area (Å²) < 4.78 is 6.40. The molecule has 3 heterocycles. The zero-order chi connectivity index (χ0) is 25.7. The second kappa shape index (κ2) is 11.3. The number of likely N-dealkylation sites (N-methyl/N-ethyl adjacent to an activating group) is 1. The van der Waals surface area contributed by atoms with Gasteiger partial charge in [-0.1, -0.05) is 19.1 Å². The first kappa shape index (κ1) is 25.3. The molecule has 36 heavy (non-hydrogen) atoms. The van der Waals surface area contributed by atoms with E-state index in [-0.39, 0.29) is 36.5 Å². The summed E-state index contributed by atoms with van der Waals surface area (Å²) >= 11 is 0. The third kappa shape index (κ3) is 5.70. The number of pyridine rings is 2. The average molecular weight is 486 g/mol. The van der Waals surface area contributed by atoms with Crippen molar-refractivity contribution >= 4 is 5.91 Å². The average Bonchev–Trinajstić information content (AvgIpc) is 2.90. The molecule has 8 heteroatoms. The molecule has 1 amide bonds. The van der Waals surface area contributed by atoms with Crippen LogP contribution in [-0.4, -0.2) is 69.7 Å². The van der Waals surface area contributed by atoms with Crippen LogP contribution in [0.25, 0.3) is 11.1 Å². The highest BCUT2D eigenvalue weighted by atomic mass is 16.5. The maximum absolute atomic E-state index is 13.6. The molecule has 0 fully saturated rings. The van der Waals surface area contributed by atoms with E-state index in [2.05, 4.69) is 27.9 Å². The molecular formula is C28H31N5O3. The van der Waals surface area contributed by atoms with Crippen LogP contribution in [0, 0.1) is 17.2 Å². The van der Waals surface area contributed by atoms with Gasteiger partial charge in [-0.25, -0.2) is 4.98 Å². The number of ether oxygens (including phenoxy) is 1. The summed E-state index contributed by atoms with van der Waals surface area (Å²) in [6.45, 7) is 5.57. The minimum absolute atomic E-state index is 0.00442. The summed E-state index contributed by atoms with van der Waals surface area (Å²) in [4.78, 5) is 26.2. The van der Waals surface area contributed by atoms with Crippen LogP contribution in [0.4, 0.5) is 0 Å². The maximum atomic E-state index is 13.6. The standard InChI is InChI=1S/C28H31N5O3/c1-19-15-33(20(2)18-34)28(35)25-12-24(23-6-4-5-22(11-23)13-29)14-31-27(25)36-26(19)17-32(3)16-21-7-9-30-10-8-21/h4-12,14,19-20,26,34H,15-18H2,1-3H3/t19-,20+,26-/m0/s1. The topological polar surface area (TPSA) is 103 Å². The number of amides is 1. The van der Waals surface area contributed by atoms with Crippen LogP contribution in [0.5, 0.6) is 5.88 Å². The van der Waals surface area contributed by atoms with Crippen molar-refractivity contribution in [2.45, 2.75) is 32.5 Å². The third-order valence-corrected chi connectivity index (χ3v) is 6.54. The highest BCUT2D eigenvalue weighted by Crippen LogP contribution is 2.30. The van der Waals surface area contributed by atoms with E-state index >= 15 is 0 Å². The predicted molar refractivity (Wildman–Crippen MR) is 136 cm³/mol. The van der Waals surface area contributed by atoms with Gasteiger partial charge in [0.2, 0.25) is 5.88 Å². The zero-order valence-electron chi connectivity index (χ0n) is 20.8. The summed E-state index contributed by atoms with van der Waals surface area (Å²) in [7, 11) is 2.04. The Balaban J connectivity index is 1.67. The van der Waals surface area contributed by atoms with E-state index < -0.39 is 0 Å². The lowest BCUT2D eigenvalue weighted by molar-refractivity contribution is 0.0325. The largest absolute Gasteiger partial charge is 0.472 e. The summed E-state index contributed by atoms with van der Waals surface area (Å²) in [6.07, 6.45) is 5.01. The van der Waals surface area contributed by atoms with Gasteiger partial charge >= 0.3 is 0 Å². The van der Waals surface area contributed by atoms with Crippen molar-refractivity contribution in [3.8, 4) is 23.1 Å². The number of nitriles is 1. The molecular weight excluding hydrogens is 454 g/mol. The van der Waals surface area contributed by atoms with Gasteiger partial charge in [0, 0.05) is 49.7 Å². The maximum Gasteiger partial charge on any atom is 0.259 e. The Kier molecular flexibility index (Phi) is 7.93. The molecule has 1 aromatic carbocycles. The smallest absolute Gasteiger partial charge is 0.259 e. The quantitative estimate of drug-likeness (QED) is 0.547. The van der Waals surface area contributed by atoms with E-state index in [9.17, 15) is 15.2 Å². The number of fused-ring (bicyclic) bond motifs is 1. The molecule has 0 saturated heterocycles. The number of benzene rings is 1. The van der Waals surface area contributed by atoms with Crippen LogP contribution in [0.3, 0.4) is 0 Å². The lowest BCUT2D eigenvalue weighted by Gasteiger charge is -2.37. The van der Waals surface area contributed by atoms with Gasteiger partial charge in [0.05, 0.1) is 24.3 Å². The van der Waals surface area contributed by atoms with Gasteiger partial charge in [0.25, 0.3) is 5.91 Å². The van der Waals surface area contributed by atoms with Gasteiger partial charge in [-0.3, -0.25) is 14.7 Å². The number of aromatic nitrogens is 2. The second-order valence-electron chi connectivity index (χ2n) is 9.44. The summed E-state index contributed by atoms with van der Waals surface area (Å²) in [5.74, 6) is 0.0572. The number of hydrogen-bond donors (Lipinski definition) is 1. The summed E-state index contributed by atoms with van der Waals surface area (Å²) in [6, 6.07) is 14.7. The number of carbonyl (C=O) groups excluding carboxylic acids is 1. The van der Waals surface area contributed by atoms with Crippen LogP contribution in [-0.2, 0) is 6.54 Å². The molecule has 0 saturated carbocycles. The van der Waals surface area contributed by atoms with Crippen molar-refractivity contribution in [1.82, 2.24) is 19.8 Å². The minimum Gasteiger partial charge on any atom is -0.472 e. The molecule has 4 rings (SSSR count). The molecule has 3 aromatic rings. The number of hydrogen-bond acceptors (Lipinski definition) is 7. The fraction of sp³-hybridized carbons (Fsp3) is 0.357. The Morgan fingerprint density at radius 3 is 2.75 bits per heavy atom. The van der Waals surface area contributed by atoms with E-state index in [1.54, 1.807) is 47.8 Å². The van der Waals surface area contributed by atoms with Crippen LogP contribution in [0.1, 0.15) is 35.3 Å². The molecule has 0 spiro atoms. The van der Waals surface area contributed by atoms with Crippen LogP contribution < -0.4 is 4.74 Å². The summed E-state index contributed by atoms with van der Waals surface area (Å²) in [5.41, 5.74) is 3.55. The molecule has 8 nitrogen and oxygen atoms in total. The highest BCUT2D eigenvalue weighted by Gasteiger charge is 2.34. The molecule has 1 aliphatic heterocycles. The van der Waals surface area contributed by atoms with Crippen molar-refractivity contribution in [2.75, 3.05) is 26.7 Å². The molecule has 0 bridgehead atoms. The summed E-state index contributed by atoms with van der Waals surface area (Å²) in [5, 5.41) is 19.2. The normalized spacial score (nSPS) is 18.6. The van der Waals surface area contributed by atoms with Crippen LogP contribution in [0.2, 0.25) is 0 Å². The van der Waals surface area contributed by atoms with Gasteiger partial charge in [-0.05, 0) is 55.4 Å². The predicted octanol–water partition coefficient (Wildman–Crippen LogP) is 3.37. The van der Waals surface area contributed by atoms with Crippen LogP contribution >= 0.6 is 0 Å². The number of nitrogens with zero attached hydrogens (tertiary/aromatic N) is 5. The Hall–Kier alpha value is -3.80. The molecule has 0 aliphatic carbocycles. The Morgan fingerprint density at radius 1 is 1.25 bits per heavy atom. The first-order valence-electron chi connectivity index (χ1n) is 12.1. The molecule has 3 atom stereocenters. The first-order chi connectivity index (χ1) is 17.4. The Morgan fingerprint density at radius 2 is 2.03 bits per heavy atom. The number of carbonyl (C=O) groups is 1. The molecule has 1 aliphatic rings. The highest BCUT2D eigenvalue weighted by molar-refractivity contribution is 5.98. The van der Waals surface area contributed by atoms with Gasteiger partial charge < -0.3 is 14.7 Å². The Labute approximate surface area is 211 Å². The third-order valence-electron chi connectivity index (χ3n) is 6.54. The van der Waals surface area contributed by atoms with Crippen LogP contribution in [0.15, 0.2) is 61.1 Å². The minimum atomic E-state index is -0.355. The fourth-order valence-electron chi connectivity index (χ4n) is 4.42. The van der Waals surface area contributed by atoms with E-state index in [4.69, 9.17) is 4.74 Å². The monoisotopic (exact) mass is 485 g/mol. The fourth-order valence-corrected chi connectivity index (χ4v) is 4.42. The first-order valence-corrected chi connectivity index (χ1v) is 12.1. The lowest BCUT2D eigenvalue weighted by Crippen LogP contribution is -2.49. The van der Waals surface area contributed by atoms with E-state index in [0.717, 1.165) is 23.2 Å². The number of rotatable bonds is 7. The van der Waals surface area contributed by atoms with Crippen molar-refractivity contribution < 1.29 is 14.6 Å². The van der Waals surface area contributed by atoms with Crippen molar-refractivity contribution in [1.29, 1.82) is 5.26 Å². The van der Waals surface area contributed by atoms with Gasteiger partial charge in [0.15, 0.2) is 0 Å². The zero-order valence-corrected chi connectivity index (χ0v) is 20.8. The number of aliphatic hydroxyl groups is 1.